The number of amides is 1. The molecule has 1 aromatic heterocycles. The zero-order valence-electron chi connectivity index (χ0n) is 17.8. The Hall–Kier alpha value is -3.58. The minimum atomic E-state index is -0.0771. The standard InChI is InChI=1S/C25H24N4O2S/c1-19-9-8-14-22(17-19)31-16-15-26-23(30)18-32-25-28-27-24(20-10-4-2-5-11-20)29(25)21-12-6-3-7-13-21/h2-14,17H,15-16,18H2,1H3,(H,26,30). The molecule has 0 spiro atoms. The fourth-order valence-corrected chi connectivity index (χ4v) is 3.97. The summed E-state index contributed by atoms with van der Waals surface area (Å²) in [6.45, 7) is 2.87. The molecule has 4 rings (SSSR count). The number of hydrogen-bond donors (Lipinski definition) is 1. The van der Waals surface area contributed by atoms with Gasteiger partial charge in [0.25, 0.3) is 0 Å². The van der Waals surface area contributed by atoms with Gasteiger partial charge in [-0.05, 0) is 36.8 Å². The van der Waals surface area contributed by atoms with Crippen molar-refractivity contribution >= 4 is 17.7 Å². The maximum atomic E-state index is 12.4. The molecule has 1 heterocycles. The summed E-state index contributed by atoms with van der Waals surface area (Å²) >= 11 is 1.36. The Morgan fingerprint density at radius 2 is 1.72 bits per heavy atom. The van der Waals surface area contributed by atoms with Crippen LogP contribution in [0.15, 0.2) is 90.1 Å². The lowest BCUT2D eigenvalue weighted by Gasteiger charge is -2.11. The molecular weight excluding hydrogens is 420 g/mol. The predicted molar refractivity (Wildman–Crippen MR) is 127 cm³/mol. The molecule has 0 bridgehead atoms. The van der Waals surface area contributed by atoms with Crippen LogP contribution in [0.5, 0.6) is 5.75 Å². The van der Waals surface area contributed by atoms with Crippen LogP contribution in [0, 0.1) is 6.92 Å². The number of carbonyl (C=O) groups excluding carboxylic acids is 1. The summed E-state index contributed by atoms with van der Waals surface area (Å²) in [4.78, 5) is 12.4. The van der Waals surface area contributed by atoms with Gasteiger partial charge in [-0.25, -0.2) is 0 Å². The van der Waals surface area contributed by atoms with Crippen molar-refractivity contribution in [2.75, 3.05) is 18.9 Å². The second kappa shape index (κ2) is 10.6. The van der Waals surface area contributed by atoms with Crippen LogP contribution in [-0.2, 0) is 4.79 Å². The zero-order valence-corrected chi connectivity index (χ0v) is 18.6. The number of aromatic nitrogens is 3. The van der Waals surface area contributed by atoms with Crippen molar-refractivity contribution in [2.45, 2.75) is 12.1 Å². The molecule has 0 saturated heterocycles. The number of para-hydroxylation sites is 1. The molecule has 0 fully saturated rings. The van der Waals surface area contributed by atoms with Crippen molar-refractivity contribution in [2.24, 2.45) is 0 Å². The molecule has 7 heteroatoms. The first-order chi connectivity index (χ1) is 15.7. The van der Waals surface area contributed by atoms with Gasteiger partial charge in [0.1, 0.15) is 12.4 Å². The third kappa shape index (κ3) is 5.56. The molecular formula is C25H24N4O2S. The molecule has 1 N–H and O–H groups in total. The minimum absolute atomic E-state index is 0.0771. The molecule has 0 aliphatic rings. The van der Waals surface area contributed by atoms with Crippen LogP contribution in [0.4, 0.5) is 0 Å². The van der Waals surface area contributed by atoms with E-state index in [2.05, 4.69) is 15.5 Å². The summed E-state index contributed by atoms with van der Waals surface area (Å²) in [7, 11) is 0. The first-order valence-corrected chi connectivity index (χ1v) is 11.3. The van der Waals surface area contributed by atoms with E-state index in [1.807, 2.05) is 96.4 Å². The third-order valence-corrected chi connectivity index (χ3v) is 5.62. The van der Waals surface area contributed by atoms with Crippen LogP contribution in [0.3, 0.4) is 0 Å². The lowest BCUT2D eigenvalue weighted by atomic mass is 10.2. The Kier molecular flexibility index (Phi) is 7.19. The number of ether oxygens (including phenoxy) is 1. The number of hydrogen-bond acceptors (Lipinski definition) is 5. The average molecular weight is 445 g/mol. The fraction of sp³-hybridized carbons (Fsp3) is 0.160. The molecule has 6 nitrogen and oxygen atoms in total. The summed E-state index contributed by atoms with van der Waals surface area (Å²) in [5.41, 5.74) is 3.06. The topological polar surface area (TPSA) is 69.0 Å². The van der Waals surface area contributed by atoms with E-state index in [-0.39, 0.29) is 11.7 Å². The van der Waals surface area contributed by atoms with Crippen molar-refractivity contribution in [3.8, 4) is 22.8 Å². The third-order valence-electron chi connectivity index (χ3n) is 4.69. The van der Waals surface area contributed by atoms with Crippen LogP contribution in [0.2, 0.25) is 0 Å². The highest BCUT2D eigenvalue weighted by Crippen LogP contribution is 2.27. The van der Waals surface area contributed by atoms with E-state index in [1.165, 1.54) is 11.8 Å². The highest BCUT2D eigenvalue weighted by Gasteiger charge is 2.17. The van der Waals surface area contributed by atoms with Crippen molar-refractivity contribution in [3.63, 3.8) is 0 Å². The highest BCUT2D eigenvalue weighted by atomic mass is 32.2. The molecule has 0 saturated carbocycles. The Bertz CT molecular complexity index is 1160. The molecule has 162 valence electrons. The fourth-order valence-electron chi connectivity index (χ4n) is 3.19. The Labute approximate surface area is 191 Å². The lowest BCUT2D eigenvalue weighted by Crippen LogP contribution is -2.29. The SMILES string of the molecule is Cc1cccc(OCCNC(=O)CSc2nnc(-c3ccccc3)n2-c2ccccc2)c1. The van der Waals surface area contributed by atoms with Gasteiger partial charge in [0, 0.05) is 11.3 Å². The second-order valence-electron chi connectivity index (χ2n) is 7.15. The van der Waals surface area contributed by atoms with E-state index in [4.69, 9.17) is 4.74 Å². The average Bonchev–Trinajstić information content (AvgIpc) is 3.26. The van der Waals surface area contributed by atoms with Gasteiger partial charge in [-0.15, -0.1) is 10.2 Å². The molecule has 0 unspecified atom stereocenters. The summed E-state index contributed by atoms with van der Waals surface area (Å²) in [5, 5.41) is 12.3. The van der Waals surface area contributed by atoms with Crippen LogP contribution in [-0.4, -0.2) is 39.6 Å². The number of nitrogens with zero attached hydrogens (tertiary/aromatic N) is 3. The van der Waals surface area contributed by atoms with Gasteiger partial charge in [-0.2, -0.15) is 0 Å². The highest BCUT2D eigenvalue weighted by molar-refractivity contribution is 7.99. The molecule has 0 aliphatic carbocycles. The number of thioether (sulfide) groups is 1. The van der Waals surface area contributed by atoms with Gasteiger partial charge in [0.2, 0.25) is 5.91 Å². The van der Waals surface area contributed by atoms with Crippen molar-refractivity contribution in [1.82, 2.24) is 20.1 Å². The van der Waals surface area contributed by atoms with Gasteiger partial charge >= 0.3 is 0 Å². The molecule has 0 radical (unpaired) electrons. The van der Waals surface area contributed by atoms with Crippen molar-refractivity contribution in [1.29, 1.82) is 0 Å². The smallest absolute Gasteiger partial charge is 0.230 e. The minimum Gasteiger partial charge on any atom is -0.492 e. The summed E-state index contributed by atoms with van der Waals surface area (Å²) in [5.74, 6) is 1.71. The van der Waals surface area contributed by atoms with Gasteiger partial charge in [-0.3, -0.25) is 9.36 Å². The van der Waals surface area contributed by atoms with Crippen LogP contribution < -0.4 is 10.1 Å². The van der Waals surface area contributed by atoms with Crippen molar-refractivity contribution in [3.05, 3.63) is 90.5 Å². The monoisotopic (exact) mass is 444 g/mol. The number of aryl methyl sites for hydroxylation is 1. The van der Waals surface area contributed by atoms with E-state index in [0.29, 0.717) is 18.3 Å². The largest absolute Gasteiger partial charge is 0.492 e. The number of rotatable bonds is 9. The zero-order chi connectivity index (χ0) is 22.2. The Morgan fingerprint density at radius 1 is 0.969 bits per heavy atom. The summed E-state index contributed by atoms with van der Waals surface area (Å²) in [6, 6.07) is 27.7. The van der Waals surface area contributed by atoms with Crippen LogP contribution in [0.25, 0.3) is 17.1 Å². The Balaban J connectivity index is 1.37. The quantitative estimate of drug-likeness (QED) is 0.303. The number of nitrogens with one attached hydrogen (secondary N) is 1. The number of benzene rings is 3. The van der Waals surface area contributed by atoms with E-state index in [9.17, 15) is 4.79 Å². The second-order valence-corrected chi connectivity index (χ2v) is 8.09. The van der Waals surface area contributed by atoms with Gasteiger partial charge in [-0.1, -0.05) is 72.4 Å². The molecule has 1 amide bonds. The maximum absolute atomic E-state index is 12.4. The van der Waals surface area contributed by atoms with E-state index in [1.54, 1.807) is 0 Å². The lowest BCUT2D eigenvalue weighted by molar-refractivity contribution is -0.118. The molecule has 4 aromatic rings. The molecule has 0 atom stereocenters. The summed E-state index contributed by atoms with van der Waals surface area (Å²) < 4.78 is 7.66. The van der Waals surface area contributed by atoms with Gasteiger partial charge < -0.3 is 10.1 Å². The molecule has 3 aromatic carbocycles. The predicted octanol–water partition coefficient (Wildman–Crippen LogP) is 4.53. The van der Waals surface area contributed by atoms with Crippen LogP contribution in [0.1, 0.15) is 5.56 Å². The summed E-state index contributed by atoms with van der Waals surface area (Å²) in [6.07, 6.45) is 0. The van der Waals surface area contributed by atoms with E-state index >= 15 is 0 Å². The molecule has 32 heavy (non-hydrogen) atoms. The normalized spacial score (nSPS) is 10.7. The van der Waals surface area contributed by atoms with Crippen LogP contribution >= 0.6 is 11.8 Å². The molecule has 0 aliphatic heterocycles. The first-order valence-electron chi connectivity index (χ1n) is 10.4. The Morgan fingerprint density at radius 3 is 2.47 bits per heavy atom. The van der Waals surface area contributed by atoms with E-state index < -0.39 is 0 Å². The van der Waals surface area contributed by atoms with E-state index in [0.717, 1.165) is 28.4 Å². The first kappa shape index (κ1) is 21.6. The number of carbonyl (C=O) groups is 1. The van der Waals surface area contributed by atoms with Gasteiger partial charge in [0.15, 0.2) is 11.0 Å². The maximum Gasteiger partial charge on any atom is 0.230 e. The van der Waals surface area contributed by atoms with Gasteiger partial charge in [0.05, 0.1) is 12.3 Å². The van der Waals surface area contributed by atoms with Crippen molar-refractivity contribution < 1.29 is 9.53 Å².